The highest BCUT2D eigenvalue weighted by molar-refractivity contribution is 5.96. The van der Waals surface area contributed by atoms with E-state index in [2.05, 4.69) is 28.2 Å². The molecule has 0 unspecified atom stereocenters. The molecule has 2 aromatic rings. The van der Waals surface area contributed by atoms with Gasteiger partial charge in [-0.3, -0.25) is 28.8 Å². The third kappa shape index (κ3) is 23.9. The summed E-state index contributed by atoms with van der Waals surface area (Å²) in [6, 6.07) is 12.8. The summed E-state index contributed by atoms with van der Waals surface area (Å²) in [5.41, 5.74) is 7.19. The Morgan fingerprint density at radius 3 is 1.70 bits per heavy atom. The molecule has 0 aliphatic heterocycles. The minimum atomic E-state index is -0.980. The Hall–Kier alpha value is -4.58. The normalized spacial score (nSPS) is 13.6. The Balaban J connectivity index is 2.10. The van der Waals surface area contributed by atoms with Crippen molar-refractivity contribution in [3.8, 4) is 5.75 Å². The van der Waals surface area contributed by atoms with Crippen LogP contribution >= 0.6 is 0 Å². The minimum absolute atomic E-state index is 0.0511. The Kier molecular flexibility index (Phi) is 28.6. The van der Waals surface area contributed by atoms with Crippen molar-refractivity contribution in [3.05, 3.63) is 65.7 Å². The molecule has 2 aromatic carbocycles. The van der Waals surface area contributed by atoms with Gasteiger partial charge in [0.25, 0.3) is 0 Å². The zero-order valence-corrected chi connectivity index (χ0v) is 39.9. The predicted molar refractivity (Wildman–Crippen MR) is 256 cm³/mol. The highest BCUT2D eigenvalue weighted by Crippen LogP contribution is 2.21. The maximum absolute atomic E-state index is 14.3. The predicted octanol–water partition coefficient (Wildman–Crippen LogP) is 8.20. The number of phenols is 1. The van der Waals surface area contributed by atoms with E-state index >= 15 is 0 Å². The number of nitrogens with one attached hydrogen (secondary N) is 4. The second-order valence-electron chi connectivity index (χ2n) is 18.2. The first kappa shape index (κ1) is 55.6. The van der Waals surface area contributed by atoms with Gasteiger partial charge in [-0.25, -0.2) is 0 Å². The number of hydrogen-bond acceptors (Lipinski definition) is 8. The summed E-state index contributed by atoms with van der Waals surface area (Å²) in [6.45, 7) is 8.22. The highest BCUT2D eigenvalue weighted by atomic mass is 16.3. The molecule has 12 nitrogen and oxygen atoms in total. The van der Waals surface area contributed by atoms with Gasteiger partial charge < -0.3 is 32.1 Å². The molecule has 4 amide bonds. The molecule has 7 N–H and O–H groups in total. The van der Waals surface area contributed by atoms with Gasteiger partial charge in [0.15, 0.2) is 11.6 Å². The zero-order valence-electron chi connectivity index (χ0n) is 39.9. The van der Waals surface area contributed by atoms with Gasteiger partial charge in [0, 0.05) is 38.1 Å². The molecular formula is C52H83N5O7. The van der Waals surface area contributed by atoms with E-state index < -0.39 is 41.8 Å². The molecule has 0 saturated carbocycles. The Morgan fingerprint density at radius 2 is 1.14 bits per heavy atom. The summed E-state index contributed by atoms with van der Waals surface area (Å²) < 4.78 is 0. The van der Waals surface area contributed by atoms with Crippen molar-refractivity contribution in [1.82, 2.24) is 21.3 Å². The summed E-state index contributed by atoms with van der Waals surface area (Å²) in [4.78, 5) is 81.7. The lowest BCUT2D eigenvalue weighted by molar-refractivity contribution is -0.135. The third-order valence-corrected chi connectivity index (χ3v) is 12.0. The van der Waals surface area contributed by atoms with Gasteiger partial charge in [0.1, 0.15) is 11.8 Å². The fourth-order valence-electron chi connectivity index (χ4n) is 8.10. The quantitative estimate of drug-likeness (QED) is 0.0368. The molecule has 2 rings (SSSR count). The van der Waals surface area contributed by atoms with E-state index in [-0.39, 0.29) is 60.7 Å². The maximum atomic E-state index is 14.3. The Morgan fingerprint density at radius 1 is 0.578 bits per heavy atom. The fourth-order valence-corrected chi connectivity index (χ4v) is 8.10. The van der Waals surface area contributed by atoms with Gasteiger partial charge in [-0.05, 0) is 81.2 Å². The van der Waals surface area contributed by atoms with Crippen LogP contribution in [0.2, 0.25) is 0 Å². The summed E-state index contributed by atoms with van der Waals surface area (Å²) in [5.74, 6) is -3.51. The number of carbonyl (C=O) groups is 6. The third-order valence-electron chi connectivity index (χ3n) is 12.0. The number of benzene rings is 2. The van der Waals surface area contributed by atoms with Crippen LogP contribution in [-0.2, 0) is 41.6 Å². The first-order valence-corrected chi connectivity index (χ1v) is 24.5. The van der Waals surface area contributed by atoms with Crippen molar-refractivity contribution < 1.29 is 33.9 Å². The maximum Gasteiger partial charge on any atom is 0.243 e. The number of aromatic hydroxyl groups is 1. The molecule has 358 valence electrons. The van der Waals surface area contributed by atoms with Crippen LogP contribution in [0.5, 0.6) is 5.75 Å². The van der Waals surface area contributed by atoms with Crippen LogP contribution < -0.4 is 27.0 Å². The van der Waals surface area contributed by atoms with Crippen molar-refractivity contribution in [2.45, 2.75) is 187 Å². The highest BCUT2D eigenvalue weighted by Gasteiger charge is 2.32. The Bertz CT molecular complexity index is 1650. The molecule has 0 spiro atoms. The average molecular weight is 890 g/mol. The smallest absolute Gasteiger partial charge is 0.243 e. The standard InChI is InChI=1S/C52H83N5O7/c1-6-7-8-9-10-11-12-13-14-15-16-17-21-27-49(61)56-46(33-38(2)3)52(64)55-39(4)47(59)37-43(34-41-28-30-44(58)31-29-41)51(63)57-45(35-40-24-19-18-20-25-40)48(60)36-42(50(62)54-5)26-22-23-32-53/h18-20,24-25,28-31,38-39,42-43,45-46,58H,6-17,21-23,26-27,32-37,53H2,1-5H3,(H,54,62)(H,55,64)(H,56,61)(H,57,63)/t39-,42+,43+,45-,46-/m0/s1. The number of amides is 4. The largest absolute Gasteiger partial charge is 0.508 e. The van der Waals surface area contributed by atoms with Crippen molar-refractivity contribution in [1.29, 1.82) is 0 Å². The summed E-state index contributed by atoms with van der Waals surface area (Å²) >= 11 is 0. The molecule has 0 aliphatic carbocycles. The molecule has 0 bridgehead atoms. The Labute approximate surface area is 384 Å². The summed E-state index contributed by atoms with van der Waals surface area (Å²) in [6.07, 6.45) is 18.3. The van der Waals surface area contributed by atoms with Gasteiger partial charge in [-0.2, -0.15) is 0 Å². The average Bonchev–Trinajstić information content (AvgIpc) is 3.27. The molecule has 0 heterocycles. The second-order valence-corrected chi connectivity index (χ2v) is 18.2. The van der Waals surface area contributed by atoms with Crippen LogP contribution in [0.3, 0.4) is 0 Å². The van der Waals surface area contributed by atoms with Crippen molar-refractivity contribution >= 4 is 35.2 Å². The van der Waals surface area contributed by atoms with Crippen molar-refractivity contribution in [2.75, 3.05) is 13.6 Å². The molecule has 0 aromatic heterocycles. The monoisotopic (exact) mass is 890 g/mol. The first-order chi connectivity index (χ1) is 30.8. The van der Waals surface area contributed by atoms with Gasteiger partial charge in [0.2, 0.25) is 23.6 Å². The van der Waals surface area contributed by atoms with Crippen LogP contribution in [0.25, 0.3) is 0 Å². The van der Waals surface area contributed by atoms with Crippen molar-refractivity contribution in [3.63, 3.8) is 0 Å². The van der Waals surface area contributed by atoms with Crippen LogP contribution in [0.4, 0.5) is 0 Å². The van der Waals surface area contributed by atoms with Gasteiger partial charge in [-0.15, -0.1) is 0 Å². The number of rotatable bonds is 36. The number of unbranched alkanes of at least 4 members (excludes halogenated alkanes) is 13. The van der Waals surface area contributed by atoms with Crippen LogP contribution in [0.1, 0.15) is 167 Å². The minimum Gasteiger partial charge on any atom is -0.508 e. The number of nitrogens with two attached hydrogens (primary N) is 1. The number of ketones is 2. The lowest BCUT2D eigenvalue weighted by Gasteiger charge is -2.25. The molecule has 0 radical (unpaired) electrons. The van der Waals surface area contributed by atoms with Crippen molar-refractivity contribution in [2.24, 2.45) is 23.5 Å². The molecule has 0 fully saturated rings. The topological polar surface area (TPSA) is 197 Å². The lowest BCUT2D eigenvalue weighted by Crippen LogP contribution is -2.52. The van der Waals surface area contributed by atoms with Gasteiger partial charge in [-0.1, -0.05) is 147 Å². The van der Waals surface area contributed by atoms with E-state index in [1.54, 1.807) is 19.1 Å². The molecule has 5 atom stereocenters. The fraction of sp³-hybridized carbons (Fsp3) is 0.654. The first-order valence-electron chi connectivity index (χ1n) is 24.5. The molecule has 64 heavy (non-hydrogen) atoms. The molecule has 12 heteroatoms. The van der Waals surface area contributed by atoms with E-state index in [0.717, 1.165) is 24.8 Å². The number of phenolic OH excluding ortho intramolecular Hbond substituents is 1. The van der Waals surface area contributed by atoms with E-state index in [9.17, 15) is 33.9 Å². The van der Waals surface area contributed by atoms with Gasteiger partial charge in [0.05, 0.1) is 12.1 Å². The van der Waals surface area contributed by atoms with E-state index in [1.165, 1.54) is 83.4 Å². The summed E-state index contributed by atoms with van der Waals surface area (Å²) in [7, 11) is 1.53. The second kappa shape index (κ2) is 33.0. The number of Topliss-reactive ketones (excluding diaryl/α,β-unsaturated/α-hetero) is 2. The zero-order chi connectivity index (χ0) is 47.1. The molecule has 0 aliphatic rings. The summed E-state index contributed by atoms with van der Waals surface area (Å²) in [5, 5.41) is 21.2. The van der Waals surface area contributed by atoms with Crippen LogP contribution in [-0.4, -0.2) is 72.0 Å². The SMILES string of the molecule is CCCCCCCCCCCCCCCC(=O)N[C@@H](CC(C)C)C(=O)N[C@@H](C)C(=O)C[C@@H](Cc1ccc(O)cc1)C(=O)N[C@@H](Cc1ccccc1)C(=O)C[C@@H](CCCCN)C(=O)NC. The molecular weight excluding hydrogens is 807 g/mol. The lowest BCUT2D eigenvalue weighted by atomic mass is 9.88. The van der Waals surface area contributed by atoms with E-state index in [0.29, 0.717) is 44.2 Å². The number of hydrogen-bond donors (Lipinski definition) is 6. The number of carbonyl (C=O) groups excluding carboxylic acids is 6. The van der Waals surface area contributed by atoms with E-state index in [1.807, 2.05) is 44.2 Å². The van der Waals surface area contributed by atoms with Crippen LogP contribution in [0.15, 0.2) is 54.6 Å². The van der Waals surface area contributed by atoms with Gasteiger partial charge >= 0.3 is 0 Å². The van der Waals surface area contributed by atoms with Crippen LogP contribution in [0, 0.1) is 17.8 Å². The van der Waals surface area contributed by atoms with E-state index in [4.69, 9.17) is 5.73 Å². The molecule has 0 saturated heterocycles.